The van der Waals surface area contributed by atoms with Crippen molar-refractivity contribution < 1.29 is 0 Å². The van der Waals surface area contributed by atoms with Crippen LogP contribution in [-0.4, -0.2) is 13.8 Å². The summed E-state index contributed by atoms with van der Waals surface area (Å²) in [6.45, 7) is 4.58. The molecule has 1 nitrogen and oxygen atoms in total. The van der Waals surface area contributed by atoms with Crippen molar-refractivity contribution in [2.24, 2.45) is 0 Å². The maximum absolute atomic E-state index is 4.19. The van der Waals surface area contributed by atoms with Crippen molar-refractivity contribution in [1.82, 2.24) is 4.98 Å². The number of nitrogens with zero attached hydrogens (tertiary/aromatic N) is 1. The first kappa shape index (κ1) is 8.21. The minimum absolute atomic E-state index is 0.561. The third kappa shape index (κ3) is 3.14. The monoisotopic (exact) mass is 163 g/mol. The number of rotatable bonds is 2. The van der Waals surface area contributed by atoms with E-state index in [0.717, 1.165) is 5.69 Å². The van der Waals surface area contributed by atoms with Crippen molar-refractivity contribution in [3.63, 3.8) is 0 Å². The fourth-order valence-corrected chi connectivity index (χ4v) is 1.35. The summed E-state index contributed by atoms with van der Waals surface area (Å²) in [5.41, 5.74) is 3.34. The van der Waals surface area contributed by atoms with Crippen LogP contribution in [0, 0.1) is 0 Å². The summed E-state index contributed by atoms with van der Waals surface area (Å²) in [7, 11) is -0.561. The highest BCUT2D eigenvalue weighted by atomic mass is 28.3. The van der Waals surface area contributed by atoms with Crippen LogP contribution < -0.4 is 0 Å². The molecular formula is C9H13NSi. The van der Waals surface area contributed by atoms with E-state index in [2.05, 4.69) is 29.9 Å². The standard InChI is InChI=1S/C9H13NSi/c1-11(2)8-6-9-5-3-4-7-10-9/h3-8,11H,1-2H3. The molecule has 0 saturated heterocycles. The molecule has 1 rings (SSSR count). The SMILES string of the molecule is C[SiH](C)C=Cc1ccccn1. The van der Waals surface area contributed by atoms with Crippen LogP contribution in [0.25, 0.3) is 6.08 Å². The minimum atomic E-state index is -0.561. The molecule has 0 spiro atoms. The fraction of sp³-hybridized carbons (Fsp3) is 0.222. The first-order valence-corrected chi connectivity index (χ1v) is 6.86. The second-order valence-corrected chi connectivity index (χ2v) is 5.73. The summed E-state index contributed by atoms with van der Waals surface area (Å²) in [5, 5.41) is 0. The van der Waals surface area contributed by atoms with E-state index in [0.29, 0.717) is 0 Å². The average molecular weight is 163 g/mol. The molecule has 0 radical (unpaired) electrons. The van der Waals surface area contributed by atoms with Gasteiger partial charge in [-0.15, -0.1) is 0 Å². The molecular weight excluding hydrogens is 150 g/mol. The number of hydrogen-bond donors (Lipinski definition) is 0. The molecule has 11 heavy (non-hydrogen) atoms. The Balaban J connectivity index is 2.65. The van der Waals surface area contributed by atoms with Gasteiger partial charge in [-0.1, -0.05) is 24.9 Å². The molecule has 2 heteroatoms. The van der Waals surface area contributed by atoms with Crippen molar-refractivity contribution >= 4 is 14.9 Å². The molecule has 0 fully saturated rings. The largest absolute Gasteiger partial charge is 0.257 e. The van der Waals surface area contributed by atoms with Crippen molar-refractivity contribution in [1.29, 1.82) is 0 Å². The first-order valence-electron chi connectivity index (χ1n) is 3.88. The highest BCUT2D eigenvalue weighted by Gasteiger charge is 1.87. The normalized spacial score (nSPS) is 11.2. The van der Waals surface area contributed by atoms with Crippen molar-refractivity contribution in [3.05, 3.63) is 35.8 Å². The summed E-state index contributed by atoms with van der Waals surface area (Å²) < 4.78 is 0. The average Bonchev–Trinajstić information content (AvgIpc) is 2.03. The quantitative estimate of drug-likeness (QED) is 0.609. The van der Waals surface area contributed by atoms with Crippen molar-refractivity contribution in [2.45, 2.75) is 13.1 Å². The molecule has 1 heterocycles. The van der Waals surface area contributed by atoms with E-state index < -0.39 is 8.80 Å². The molecule has 0 aliphatic heterocycles. The molecule has 0 N–H and O–H groups in total. The maximum atomic E-state index is 4.19. The van der Waals surface area contributed by atoms with Gasteiger partial charge >= 0.3 is 0 Å². The van der Waals surface area contributed by atoms with Gasteiger partial charge in [0.15, 0.2) is 0 Å². The van der Waals surface area contributed by atoms with Gasteiger partial charge < -0.3 is 0 Å². The van der Waals surface area contributed by atoms with Crippen LogP contribution in [0.4, 0.5) is 0 Å². The summed E-state index contributed by atoms with van der Waals surface area (Å²) in [6.07, 6.45) is 3.93. The topological polar surface area (TPSA) is 12.9 Å². The summed E-state index contributed by atoms with van der Waals surface area (Å²) in [5.74, 6) is 0. The highest BCUT2D eigenvalue weighted by Crippen LogP contribution is 1.96. The van der Waals surface area contributed by atoms with Gasteiger partial charge in [-0.05, 0) is 18.2 Å². The Morgan fingerprint density at radius 2 is 2.18 bits per heavy atom. The van der Waals surface area contributed by atoms with Crippen LogP contribution in [0.1, 0.15) is 5.69 Å². The second kappa shape index (κ2) is 4.08. The molecule has 0 saturated carbocycles. The van der Waals surface area contributed by atoms with Gasteiger partial charge in [-0.2, -0.15) is 0 Å². The zero-order chi connectivity index (χ0) is 8.10. The summed E-state index contributed by atoms with van der Waals surface area (Å²) in [4.78, 5) is 4.19. The van der Waals surface area contributed by atoms with Crippen molar-refractivity contribution in [2.75, 3.05) is 0 Å². The Bertz CT molecular complexity index is 229. The van der Waals surface area contributed by atoms with Gasteiger partial charge in [-0.3, -0.25) is 4.98 Å². The van der Waals surface area contributed by atoms with E-state index in [1.165, 1.54) is 0 Å². The molecule has 0 amide bonds. The van der Waals surface area contributed by atoms with E-state index in [4.69, 9.17) is 0 Å². The number of hydrogen-bond acceptors (Lipinski definition) is 1. The Hall–Kier alpha value is -0.893. The van der Waals surface area contributed by atoms with Crippen LogP contribution in [0.5, 0.6) is 0 Å². The van der Waals surface area contributed by atoms with Gasteiger partial charge in [0.1, 0.15) is 0 Å². The Kier molecular flexibility index (Phi) is 3.05. The Morgan fingerprint density at radius 1 is 1.36 bits per heavy atom. The summed E-state index contributed by atoms with van der Waals surface area (Å²) in [6, 6.07) is 5.96. The Morgan fingerprint density at radius 3 is 2.73 bits per heavy atom. The first-order chi connectivity index (χ1) is 5.29. The van der Waals surface area contributed by atoms with Crippen LogP contribution in [0.15, 0.2) is 30.1 Å². The lowest BCUT2D eigenvalue weighted by molar-refractivity contribution is 1.30. The fourth-order valence-electron chi connectivity index (χ4n) is 0.766. The molecule has 0 bridgehead atoms. The van der Waals surface area contributed by atoms with Gasteiger partial charge in [0.2, 0.25) is 0 Å². The lowest BCUT2D eigenvalue weighted by atomic mass is 10.3. The third-order valence-electron chi connectivity index (χ3n) is 1.34. The predicted octanol–water partition coefficient (Wildman–Crippen LogP) is 2.12. The lowest BCUT2D eigenvalue weighted by Crippen LogP contribution is -1.92. The minimum Gasteiger partial charge on any atom is -0.257 e. The van der Waals surface area contributed by atoms with Gasteiger partial charge in [0.05, 0.1) is 14.5 Å². The number of pyridine rings is 1. The van der Waals surface area contributed by atoms with Crippen LogP contribution in [0.3, 0.4) is 0 Å². The van der Waals surface area contributed by atoms with Crippen molar-refractivity contribution in [3.8, 4) is 0 Å². The third-order valence-corrected chi connectivity index (χ3v) is 2.30. The smallest absolute Gasteiger partial charge is 0.0622 e. The van der Waals surface area contributed by atoms with Gasteiger partial charge in [0.25, 0.3) is 0 Å². The van der Waals surface area contributed by atoms with E-state index >= 15 is 0 Å². The van der Waals surface area contributed by atoms with Gasteiger partial charge in [0, 0.05) is 6.20 Å². The molecule has 0 aliphatic rings. The van der Waals surface area contributed by atoms with Crippen LogP contribution in [0.2, 0.25) is 13.1 Å². The second-order valence-electron chi connectivity index (χ2n) is 2.86. The highest BCUT2D eigenvalue weighted by molar-refractivity contribution is 6.62. The van der Waals surface area contributed by atoms with Gasteiger partial charge in [-0.25, -0.2) is 0 Å². The molecule has 1 aromatic heterocycles. The van der Waals surface area contributed by atoms with E-state index in [-0.39, 0.29) is 0 Å². The Labute approximate surface area is 69.4 Å². The molecule has 0 unspecified atom stereocenters. The van der Waals surface area contributed by atoms with E-state index in [1.54, 1.807) is 0 Å². The predicted molar refractivity (Wildman–Crippen MR) is 52.1 cm³/mol. The molecule has 58 valence electrons. The molecule has 0 atom stereocenters. The number of aromatic nitrogens is 1. The lowest BCUT2D eigenvalue weighted by Gasteiger charge is -1.91. The van der Waals surface area contributed by atoms with E-state index in [9.17, 15) is 0 Å². The molecule has 0 aromatic carbocycles. The summed E-state index contributed by atoms with van der Waals surface area (Å²) >= 11 is 0. The molecule has 1 aromatic rings. The zero-order valence-electron chi connectivity index (χ0n) is 6.99. The van der Waals surface area contributed by atoms with E-state index in [1.807, 2.05) is 24.4 Å². The zero-order valence-corrected chi connectivity index (χ0v) is 8.14. The maximum Gasteiger partial charge on any atom is 0.0622 e. The van der Waals surface area contributed by atoms with Crippen LogP contribution in [-0.2, 0) is 0 Å². The molecule has 0 aliphatic carbocycles. The van der Waals surface area contributed by atoms with Crippen LogP contribution >= 0.6 is 0 Å².